The highest BCUT2D eigenvalue weighted by Gasteiger charge is 2.48. The summed E-state index contributed by atoms with van der Waals surface area (Å²) < 4.78 is 11.3. The number of hydrogen-bond donors (Lipinski definition) is 1. The SMILES string of the molecule is CCOc1ccc(/C(O)=C2/C(=O)C(=O)N(c3cc(Cl)ccc3C)C2c2ccco2)cc1C(C)C. The van der Waals surface area contributed by atoms with Crippen molar-refractivity contribution in [3.05, 3.63) is 87.8 Å². The molecule has 1 atom stereocenters. The number of aryl methyl sites for hydroxylation is 1. The molecule has 1 saturated heterocycles. The molecular weight excluding hydrogens is 454 g/mol. The fourth-order valence-corrected chi connectivity index (χ4v) is 4.39. The van der Waals surface area contributed by atoms with Gasteiger partial charge in [-0.15, -0.1) is 0 Å². The Kier molecular flexibility index (Phi) is 6.53. The standard InChI is InChI=1S/C27H26ClNO5/c1-5-33-21-11-9-17(13-19(21)15(2)3)25(30)23-24(22-7-6-12-34-22)29(27(32)26(23)31)20-14-18(28)10-8-16(20)4/h6-15,24,30H,5H2,1-4H3/b25-23-. The van der Waals surface area contributed by atoms with Gasteiger partial charge in [0.25, 0.3) is 11.7 Å². The second-order valence-electron chi connectivity index (χ2n) is 8.46. The minimum absolute atomic E-state index is 0.0433. The first-order valence-corrected chi connectivity index (χ1v) is 11.5. The molecule has 1 aliphatic heterocycles. The lowest BCUT2D eigenvalue weighted by Crippen LogP contribution is -2.30. The third-order valence-corrected chi connectivity index (χ3v) is 6.13. The number of Topliss-reactive ketones (excluding diaryl/α,β-unsaturated/α-hetero) is 1. The summed E-state index contributed by atoms with van der Waals surface area (Å²) in [5.74, 6) is -0.637. The number of ketones is 1. The largest absolute Gasteiger partial charge is 0.507 e. The van der Waals surface area contributed by atoms with Gasteiger partial charge in [-0.2, -0.15) is 0 Å². The second kappa shape index (κ2) is 9.39. The van der Waals surface area contributed by atoms with Gasteiger partial charge in [-0.1, -0.05) is 31.5 Å². The lowest BCUT2D eigenvalue weighted by atomic mass is 9.95. The zero-order valence-electron chi connectivity index (χ0n) is 19.5. The summed E-state index contributed by atoms with van der Waals surface area (Å²) in [6.45, 7) is 8.27. The van der Waals surface area contributed by atoms with E-state index in [2.05, 4.69) is 0 Å². The summed E-state index contributed by atoms with van der Waals surface area (Å²) in [5, 5.41) is 11.8. The normalized spacial score (nSPS) is 17.6. The van der Waals surface area contributed by atoms with E-state index in [4.69, 9.17) is 20.8 Å². The molecule has 1 N–H and O–H groups in total. The Labute approximate surface area is 203 Å². The second-order valence-corrected chi connectivity index (χ2v) is 8.89. The molecule has 1 unspecified atom stereocenters. The van der Waals surface area contributed by atoms with E-state index >= 15 is 0 Å². The molecule has 2 aromatic carbocycles. The topological polar surface area (TPSA) is 80.0 Å². The van der Waals surface area contributed by atoms with Crippen LogP contribution in [-0.4, -0.2) is 23.4 Å². The Morgan fingerprint density at radius 2 is 1.94 bits per heavy atom. The van der Waals surface area contributed by atoms with Gasteiger partial charge in [-0.3, -0.25) is 14.5 Å². The van der Waals surface area contributed by atoms with E-state index in [0.29, 0.717) is 34.4 Å². The van der Waals surface area contributed by atoms with Gasteiger partial charge in [0.15, 0.2) is 0 Å². The van der Waals surface area contributed by atoms with E-state index in [-0.39, 0.29) is 17.3 Å². The first kappa shape index (κ1) is 23.6. The van der Waals surface area contributed by atoms with E-state index < -0.39 is 17.7 Å². The maximum atomic E-state index is 13.3. The van der Waals surface area contributed by atoms with Crippen LogP contribution in [0.25, 0.3) is 5.76 Å². The number of nitrogens with zero attached hydrogens (tertiary/aromatic N) is 1. The number of ether oxygens (including phenoxy) is 1. The van der Waals surface area contributed by atoms with Crippen LogP contribution < -0.4 is 9.64 Å². The zero-order chi connectivity index (χ0) is 24.6. The molecule has 2 heterocycles. The molecule has 7 heteroatoms. The lowest BCUT2D eigenvalue weighted by molar-refractivity contribution is -0.132. The molecule has 176 valence electrons. The molecule has 1 amide bonds. The van der Waals surface area contributed by atoms with Crippen LogP contribution in [0, 0.1) is 6.92 Å². The molecule has 0 radical (unpaired) electrons. The van der Waals surface area contributed by atoms with Gasteiger partial charge in [-0.05, 0) is 73.4 Å². The molecule has 1 fully saturated rings. The third kappa shape index (κ3) is 4.10. The summed E-state index contributed by atoms with van der Waals surface area (Å²) in [5.41, 5.74) is 2.50. The predicted octanol–water partition coefficient (Wildman–Crippen LogP) is 6.39. The fraction of sp³-hybridized carbons (Fsp3) is 0.259. The summed E-state index contributed by atoms with van der Waals surface area (Å²) in [4.78, 5) is 27.9. The van der Waals surface area contributed by atoms with Gasteiger partial charge in [0, 0.05) is 16.3 Å². The molecule has 0 aliphatic carbocycles. The molecule has 0 bridgehead atoms. The number of amides is 1. The van der Waals surface area contributed by atoms with E-state index in [1.165, 1.54) is 11.2 Å². The average molecular weight is 480 g/mol. The molecule has 1 aliphatic rings. The third-order valence-electron chi connectivity index (χ3n) is 5.89. The fourth-order valence-electron chi connectivity index (χ4n) is 4.23. The monoisotopic (exact) mass is 479 g/mol. The minimum atomic E-state index is -0.943. The van der Waals surface area contributed by atoms with Crippen LogP contribution in [0.1, 0.15) is 55.2 Å². The number of aliphatic hydroxyl groups excluding tert-OH is 1. The number of benzene rings is 2. The van der Waals surface area contributed by atoms with Crippen molar-refractivity contribution in [1.29, 1.82) is 0 Å². The molecule has 6 nitrogen and oxygen atoms in total. The minimum Gasteiger partial charge on any atom is -0.507 e. The van der Waals surface area contributed by atoms with Crippen LogP contribution in [0.15, 0.2) is 64.8 Å². The van der Waals surface area contributed by atoms with Gasteiger partial charge < -0.3 is 14.3 Å². The molecule has 3 aromatic rings. The number of halogens is 1. The van der Waals surface area contributed by atoms with Crippen LogP contribution in [0.2, 0.25) is 5.02 Å². The number of rotatable bonds is 6. The van der Waals surface area contributed by atoms with E-state index in [9.17, 15) is 14.7 Å². The Morgan fingerprint density at radius 3 is 2.59 bits per heavy atom. The molecule has 0 saturated carbocycles. The van der Waals surface area contributed by atoms with E-state index in [1.54, 1.807) is 48.5 Å². The average Bonchev–Trinajstić information content (AvgIpc) is 3.42. The first-order valence-electron chi connectivity index (χ1n) is 11.1. The first-order chi connectivity index (χ1) is 16.2. The summed E-state index contributed by atoms with van der Waals surface area (Å²) >= 11 is 6.21. The Bertz CT molecular complexity index is 1280. The van der Waals surface area contributed by atoms with Gasteiger partial charge >= 0.3 is 0 Å². The van der Waals surface area contributed by atoms with E-state index in [1.807, 2.05) is 27.7 Å². The number of anilines is 1. The lowest BCUT2D eigenvalue weighted by Gasteiger charge is -2.25. The van der Waals surface area contributed by atoms with E-state index in [0.717, 1.165) is 11.1 Å². The molecule has 34 heavy (non-hydrogen) atoms. The van der Waals surface area contributed by atoms with Crippen molar-refractivity contribution < 1.29 is 23.8 Å². The van der Waals surface area contributed by atoms with Crippen molar-refractivity contribution in [3.63, 3.8) is 0 Å². The molecular formula is C27H26ClNO5. The molecule has 1 aromatic heterocycles. The highest BCUT2D eigenvalue weighted by molar-refractivity contribution is 6.51. The zero-order valence-corrected chi connectivity index (χ0v) is 20.2. The Balaban J connectivity index is 1.93. The Hall–Kier alpha value is -3.51. The van der Waals surface area contributed by atoms with Crippen molar-refractivity contribution in [3.8, 4) is 5.75 Å². The van der Waals surface area contributed by atoms with Crippen molar-refractivity contribution in [2.75, 3.05) is 11.5 Å². The molecule has 0 spiro atoms. The van der Waals surface area contributed by atoms with Crippen molar-refractivity contribution in [2.24, 2.45) is 0 Å². The van der Waals surface area contributed by atoms with Crippen molar-refractivity contribution in [2.45, 2.75) is 39.7 Å². The highest BCUT2D eigenvalue weighted by atomic mass is 35.5. The quantitative estimate of drug-likeness (QED) is 0.252. The summed E-state index contributed by atoms with van der Waals surface area (Å²) in [6, 6.07) is 12.8. The Morgan fingerprint density at radius 1 is 1.18 bits per heavy atom. The van der Waals surface area contributed by atoms with Crippen LogP contribution in [-0.2, 0) is 9.59 Å². The van der Waals surface area contributed by atoms with Crippen LogP contribution in [0.4, 0.5) is 5.69 Å². The number of furan rings is 1. The van der Waals surface area contributed by atoms with Crippen molar-refractivity contribution >= 4 is 34.7 Å². The summed E-state index contributed by atoms with van der Waals surface area (Å²) in [7, 11) is 0. The number of aliphatic hydroxyl groups is 1. The molecule has 4 rings (SSSR count). The van der Waals surface area contributed by atoms with Gasteiger partial charge in [0.1, 0.15) is 23.3 Å². The van der Waals surface area contributed by atoms with Crippen LogP contribution in [0.3, 0.4) is 0 Å². The van der Waals surface area contributed by atoms with Crippen LogP contribution in [0.5, 0.6) is 5.75 Å². The van der Waals surface area contributed by atoms with Crippen molar-refractivity contribution in [1.82, 2.24) is 0 Å². The smallest absolute Gasteiger partial charge is 0.300 e. The van der Waals surface area contributed by atoms with Gasteiger partial charge in [-0.25, -0.2) is 0 Å². The van der Waals surface area contributed by atoms with Gasteiger partial charge in [0.2, 0.25) is 0 Å². The number of carbonyl (C=O) groups excluding carboxylic acids is 2. The van der Waals surface area contributed by atoms with Gasteiger partial charge in [0.05, 0.1) is 18.4 Å². The number of carbonyl (C=O) groups is 2. The highest BCUT2D eigenvalue weighted by Crippen LogP contribution is 2.44. The maximum absolute atomic E-state index is 13.3. The number of hydrogen-bond acceptors (Lipinski definition) is 5. The maximum Gasteiger partial charge on any atom is 0.300 e. The summed E-state index contributed by atoms with van der Waals surface area (Å²) in [6.07, 6.45) is 1.47. The predicted molar refractivity (Wildman–Crippen MR) is 131 cm³/mol. The van der Waals surface area contributed by atoms with Crippen LogP contribution >= 0.6 is 11.6 Å².